The molecule has 0 aliphatic heterocycles. The number of Topliss-reactive ketones (excluding diaryl/α,β-unsaturated/α-hetero) is 1. The SMILES string of the molecule is CC(C)C(=O)COI. The number of carbonyl (C=O) groups excluding carboxylic acids is 1. The third-order valence-electron chi connectivity index (χ3n) is 0.841. The van der Waals surface area contributed by atoms with Gasteiger partial charge >= 0.3 is 0 Å². The highest BCUT2D eigenvalue weighted by molar-refractivity contribution is 14.1. The Morgan fingerprint density at radius 3 is 2.38 bits per heavy atom. The molecule has 0 heterocycles. The van der Waals surface area contributed by atoms with Gasteiger partial charge in [0, 0.05) is 5.92 Å². The minimum absolute atomic E-state index is 0.102. The maximum absolute atomic E-state index is 10.6. The fourth-order valence-electron chi connectivity index (χ4n) is 0.220. The summed E-state index contributed by atoms with van der Waals surface area (Å²) in [6.07, 6.45) is 0. The maximum atomic E-state index is 10.6. The molecule has 0 aliphatic rings. The van der Waals surface area contributed by atoms with E-state index in [1.165, 1.54) is 0 Å². The van der Waals surface area contributed by atoms with Crippen LogP contribution < -0.4 is 0 Å². The van der Waals surface area contributed by atoms with Gasteiger partial charge in [0.15, 0.2) is 5.78 Å². The molecular formula is C5H9IO2. The lowest BCUT2D eigenvalue weighted by molar-refractivity contribution is -0.123. The molecule has 0 saturated carbocycles. The predicted molar refractivity (Wildman–Crippen MR) is 39.8 cm³/mol. The third kappa shape index (κ3) is 3.37. The van der Waals surface area contributed by atoms with E-state index in [9.17, 15) is 4.79 Å². The van der Waals surface area contributed by atoms with Crippen LogP contribution in [0, 0.1) is 5.92 Å². The standard InChI is InChI=1S/C5H9IO2/c1-4(2)5(7)3-8-6/h4H,3H2,1-2H3. The van der Waals surface area contributed by atoms with E-state index in [1.807, 2.05) is 13.8 Å². The molecule has 0 spiro atoms. The largest absolute Gasteiger partial charge is 0.308 e. The van der Waals surface area contributed by atoms with Gasteiger partial charge in [-0.3, -0.25) is 4.79 Å². The molecule has 0 atom stereocenters. The summed E-state index contributed by atoms with van der Waals surface area (Å²) >= 11 is 1.72. The molecule has 0 bridgehead atoms. The highest BCUT2D eigenvalue weighted by atomic mass is 127. The first-order valence-electron chi connectivity index (χ1n) is 2.44. The number of hydrogen-bond donors (Lipinski definition) is 0. The Morgan fingerprint density at radius 2 is 2.25 bits per heavy atom. The van der Waals surface area contributed by atoms with E-state index >= 15 is 0 Å². The molecule has 0 amide bonds. The third-order valence-corrected chi connectivity index (χ3v) is 1.15. The van der Waals surface area contributed by atoms with Crippen LogP contribution in [0.1, 0.15) is 13.8 Å². The van der Waals surface area contributed by atoms with Crippen molar-refractivity contribution in [3.05, 3.63) is 0 Å². The van der Waals surface area contributed by atoms with Gasteiger partial charge in [0.2, 0.25) is 0 Å². The molecule has 0 aliphatic carbocycles. The minimum atomic E-state index is 0.102. The Bertz CT molecular complexity index is 80.5. The van der Waals surface area contributed by atoms with E-state index in [1.54, 1.807) is 23.0 Å². The first-order chi connectivity index (χ1) is 3.68. The molecule has 0 saturated heterocycles. The Hall–Kier alpha value is 0.360. The van der Waals surface area contributed by atoms with Crippen molar-refractivity contribution < 1.29 is 7.86 Å². The van der Waals surface area contributed by atoms with Gasteiger partial charge in [-0.05, 0) is 0 Å². The van der Waals surface area contributed by atoms with Crippen molar-refractivity contribution in [2.24, 2.45) is 5.92 Å². The van der Waals surface area contributed by atoms with Crippen LogP contribution in [0.3, 0.4) is 0 Å². The lowest BCUT2D eigenvalue weighted by Gasteiger charge is -1.98. The van der Waals surface area contributed by atoms with Crippen LogP contribution in [0.15, 0.2) is 0 Å². The molecular weight excluding hydrogens is 219 g/mol. The fourth-order valence-corrected chi connectivity index (χ4v) is 0.527. The number of halogens is 1. The van der Waals surface area contributed by atoms with Crippen LogP contribution in [0.25, 0.3) is 0 Å². The summed E-state index contributed by atoms with van der Waals surface area (Å²) in [5.41, 5.74) is 0. The molecule has 0 fully saturated rings. The van der Waals surface area contributed by atoms with Crippen molar-refractivity contribution in [1.82, 2.24) is 0 Å². The van der Waals surface area contributed by atoms with Crippen molar-refractivity contribution in [3.8, 4) is 0 Å². The van der Waals surface area contributed by atoms with Crippen LogP contribution in [0.5, 0.6) is 0 Å². The van der Waals surface area contributed by atoms with E-state index in [0.29, 0.717) is 0 Å². The van der Waals surface area contributed by atoms with Crippen molar-refractivity contribution in [3.63, 3.8) is 0 Å². The zero-order chi connectivity index (χ0) is 6.57. The average Bonchev–Trinajstić information content (AvgIpc) is 1.67. The van der Waals surface area contributed by atoms with Gasteiger partial charge in [0.1, 0.15) is 29.6 Å². The summed E-state index contributed by atoms with van der Waals surface area (Å²) in [4.78, 5) is 10.6. The van der Waals surface area contributed by atoms with Crippen molar-refractivity contribution in [2.45, 2.75) is 13.8 Å². The summed E-state index contributed by atoms with van der Waals surface area (Å²) in [5.74, 6) is 0.254. The first kappa shape index (κ1) is 8.36. The summed E-state index contributed by atoms with van der Waals surface area (Å²) in [5, 5.41) is 0. The number of carbonyl (C=O) groups is 1. The summed E-state index contributed by atoms with van der Waals surface area (Å²) in [7, 11) is 0. The van der Waals surface area contributed by atoms with Crippen LogP contribution in [0.4, 0.5) is 0 Å². The van der Waals surface area contributed by atoms with E-state index in [-0.39, 0.29) is 18.3 Å². The number of rotatable bonds is 3. The van der Waals surface area contributed by atoms with E-state index < -0.39 is 0 Å². The molecule has 0 aromatic rings. The Balaban J connectivity index is 3.33. The molecule has 0 radical (unpaired) electrons. The highest BCUT2D eigenvalue weighted by Gasteiger charge is 2.04. The molecule has 2 nitrogen and oxygen atoms in total. The minimum Gasteiger partial charge on any atom is -0.308 e. The summed E-state index contributed by atoms with van der Waals surface area (Å²) in [6.45, 7) is 3.95. The Morgan fingerprint density at radius 1 is 1.75 bits per heavy atom. The monoisotopic (exact) mass is 228 g/mol. The second-order valence-electron chi connectivity index (χ2n) is 1.87. The maximum Gasteiger partial charge on any atom is 0.162 e. The predicted octanol–water partition coefficient (Wildman–Crippen LogP) is 1.58. The molecule has 0 aromatic carbocycles. The molecule has 48 valence electrons. The van der Waals surface area contributed by atoms with Gasteiger partial charge in [-0.1, -0.05) is 13.8 Å². The quantitative estimate of drug-likeness (QED) is 0.685. The first-order valence-corrected chi connectivity index (χ1v) is 3.32. The van der Waals surface area contributed by atoms with Crippen LogP contribution in [0.2, 0.25) is 0 Å². The Labute approximate surface area is 63.3 Å². The smallest absolute Gasteiger partial charge is 0.162 e. The van der Waals surface area contributed by atoms with Crippen molar-refractivity contribution >= 4 is 28.8 Å². The van der Waals surface area contributed by atoms with Crippen LogP contribution in [-0.2, 0) is 7.86 Å². The van der Waals surface area contributed by atoms with Crippen molar-refractivity contribution in [2.75, 3.05) is 6.61 Å². The lowest BCUT2D eigenvalue weighted by atomic mass is 10.1. The van der Waals surface area contributed by atoms with Gasteiger partial charge in [-0.15, -0.1) is 0 Å². The lowest BCUT2D eigenvalue weighted by Crippen LogP contribution is -2.11. The Kier molecular flexibility index (Phi) is 4.45. The topological polar surface area (TPSA) is 26.3 Å². The molecule has 0 rings (SSSR count). The van der Waals surface area contributed by atoms with Crippen LogP contribution in [-0.4, -0.2) is 12.4 Å². The van der Waals surface area contributed by atoms with E-state index in [2.05, 4.69) is 3.07 Å². The molecule has 3 heteroatoms. The van der Waals surface area contributed by atoms with E-state index in [0.717, 1.165) is 0 Å². The second-order valence-corrected chi connectivity index (χ2v) is 2.50. The molecule has 0 aromatic heterocycles. The summed E-state index contributed by atoms with van der Waals surface area (Å²) < 4.78 is 4.59. The fraction of sp³-hybridized carbons (Fsp3) is 0.800. The van der Waals surface area contributed by atoms with Gasteiger partial charge in [-0.2, -0.15) is 0 Å². The normalized spacial score (nSPS) is 10.0. The molecule has 0 N–H and O–H groups in total. The van der Waals surface area contributed by atoms with Crippen molar-refractivity contribution in [1.29, 1.82) is 0 Å². The highest BCUT2D eigenvalue weighted by Crippen LogP contribution is 1.96. The average molecular weight is 228 g/mol. The second kappa shape index (κ2) is 4.26. The number of hydrogen-bond acceptors (Lipinski definition) is 2. The van der Waals surface area contributed by atoms with Gasteiger partial charge in [0.25, 0.3) is 0 Å². The summed E-state index contributed by atoms with van der Waals surface area (Å²) in [6, 6.07) is 0. The van der Waals surface area contributed by atoms with Crippen LogP contribution >= 0.6 is 23.0 Å². The van der Waals surface area contributed by atoms with E-state index in [4.69, 9.17) is 0 Å². The zero-order valence-corrected chi connectivity index (χ0v) is 7.14. The van der Waals surface area contributed by atoms with Gasteiger partial charge in [-0.25, -0.2) is 0 Å². The molecule has 8 heavy (non-hydrogen) atoms. The van der Waals surface area contributed by atoms with Gasteiger partial charge < -0.3 is 3.07 Å². The zero-order valence-electron chi connectivity index (χ0n) is 4.98. The van der Waals surface area contributed by atoms with Gasteiger partial charge in [0.05, 0.1) is 0 Å². The molecule has 0 unspecified atom stereocenters. The number of ketones is 1.